The largest absolute Gasteiger partial charge is 0.384 e. The van der Waals surface area contributed by atoms with Crippen LogP contribution in [0, 0.1) is 11.3 Å². The number of nitrogens with one attached hydrogen (secondary N) is 1. The zero-order chi connectivity index (χ0) is 11.1. The first-order valence-corrected chi connectivity index (χ1v) is 5.20. The van der Waals surface area contributed by atoms with Crippen LogP contribution in [0.1, 0.15) is 18.4 Å². The highest BCUT2D eigenvalue weighted by Gasteiger charge is 2.00. The lowest BCUT2D eigenvalue weighted by atomic mass is 10.2. The van der Waals surface area contributed by atoms with Crippen LogP contribution < -0.4 is 5.32 Å². The van der Waals surface area contributed by atoms with Crippen molar-refractivity contribution < 1.29 is 0 Å². The summed E-state index contributed by atoms with van der Waals surface area (Å²) in [6.45, 7) is 4.49. The van der Waals surface area contributed by atoms with Crippen LogP contribution in [0.15, 0.2) is 30.9 Å². The van der Waals surface area contributed by atoms with Crippen molar-refractivity contribution in [3.8, 4) is 6.07 Å². The Bertz CT molecular complexity index is 380. The summed E-state index contributed by atoms with van der Waals surface area (Å²) in [5, 5.41) is 12.6. The fraction of sp³-hybridized carbons (Fsp3) is 0.250. The summed E-state index contributed by atoms with van der Waals surface area (Å²) in [6.07, 6.45) is 3.87. The number of allylic oxidation sites excluding steroid dienone is 1. The van der Waals surface area contributed by atoms with Crippen LogP contribution in [0.3, 0.4) is 0 Å². The summed E-state index contributed by atoms with van der Waals surface area (Å²) in [7, 11) is 0. The van der Waals surface area contributed by atoms with Gasteiger partial charge < -0.3 is 5.32 Å². The minimum absolute atomic E-state index is 0.616. The molecule has 0 radical (unpaired) electrons. The molecule has 1 N–H and O–H groups in total. The predicted molar refractivity (Wildman–Crippen MR) is 64.1 cm³/mol. The predicted octanol–water partition coefficient (Wildman–Crippen LogP) is 3.59. The molecule has 78 valence electrons. The molecular weight excluding hydrogens is 208 g/mol. The van der Waals surface area contributed by atoms with Crippen molar-refractivity contribution in [1.82, 2.24) is 0 Å². The lowest BCUT2D eigenvalue weighted by Gasteiger charge is -2.07. The maximum Gasteiger partial charge on any atom is 0.0992 e. The van der Waals surface area contributed by atoms with E-state index in [0.717, 1.165) is 25.1 Å². The summed E-state index contributed by atoms with van der Waals surface area (Å²) < 4.78 is 0. The van der Waals surface area contributed by atoms with Crippen molar-refractivity contribution in [2.75, 3.05) is 11.9 Å². The van der Waals surface area contributed by atoms with Crippen LogP contribution in [0.2, 0.25) is 5.02 Å². The molecule has 0 aromatic heterocycles. The molecule has 0 aliphatic heterocycles. The molecule has 0 spiro atoms. The van der Waals surface area contributed by atoms with Crippen LogP contribution in [0.4, 0.5) is 5.69 Å². The quantitative estimate of drug-likeness (QED) is 0.608. The molecule has 0 bridgehead atoms. The fourth-order valence-electron chi connectivity index (χ4n) is 1.20. The molecule has 0 unspecified atom stereocenters. The Morgan fingerprint density at radius 1 is 1.53 bits per heavy atom. The Labute approximate surface area is 95.2 Å². The molecule has 1 aromatic rings. The number of nitrogens with zero attached hydrogens (tertiary/aromatic N) is 1. The summed E-state index contributed by atoms with van der Waals surface area (Å²) in [5.41, 5.74) is 1.44. The lowest BCUT2D eigenvalue weighted by Crippen LogP contribution is -2.01. The van der Waals surface area contributed by atoms with E-state index in [1.807, 2.05) is 6.08 Å². The molecule has 0 amide bonds. The van der Waals surface area contributed by atoms with E-state index >= 15 is 0 Å². The van der Waals surface area contributed by atoms with Gasteiger partial charge in [0, 0.05) is 6.54 Å². The third-order valence-corrected chi connectivity index (χ3v) is 2.33. The maximum absolute atomic E-state index is 8.73. The lowest BCUT2D eigenvalue weighted by molar-refractivity contribution is 0.891. The second-order valence-electron chi connectivity index (χ2n) is 3.16. The van der Waals surface area contributed by atoms with Crippen LogP contribution in [-0.4, -0.2) is 6.54 Å². The van der Waals surface area contributed by atoms with Gasteiger partial charge in [0.25, 0.3) is 0 Å². The minimum Gasteiger partial charge on any atom is -0.384 e. The molecule has 0 fully saturated rings. The average Bonchev–Trinajstić information content (AvgIpc) is 2.26. The average molecular weight is 221 g/mol. The van der Waals surface area contributed by atoms with Gasteiger partial charge in [0.15, 0.2) is 0 Å². The number of hydrogen-bond acceptors (Lipinski definition) is 2. The smallest absolute Gasteiger partial charge is 0.0992 e. The topological polar surface area (TPSA) is 35.8 Å². The maximum atomic E-state index is 8.73. The monoisotopic (exact) mass is 220 g/mol. The molecule has 0 atom stereocenters. The zero-order valence-corrected chi connectivity index (χ0v) is 9.22. The van der Waals surface area contributed by atoms with Crippen LogP contribution >= 0.6 is 11.6 Å². The van der Waals surface area contributed by atoms with Crippen molar-refractivity contribution in [3.63, 3.8) is 0 Å². The normalized spacial score (nSPS) is 9.33. The molecule has 0 heterocycles. The Kier molecular flexibility index (Phi) is 4.73. The second kappa shape index (κ2) is 6.10. The number of rotatable bonds is 5. The molecule has 3 heteroatoms. The second-order valence-corrected chi connectivity index (χ2v) is 3.57. The first-order chi connectivity index (χ1) is 7.27. The summed E-state index contributed by atoms with van der Waals surface area (Å²) in [5.74, 6) is 0. The van der Waals surface area contributed by atoms with Crippen LogP contribution in [-0.2, 0) is 0 Å². The van der Waals surface area contributed by atoms with Crippen molar-refractivity contribution in [2.45, 2.75) is 12.8 Å². The van der Waals surface area contributed by atoms with Gasteiger partial charge in [-0.05, 0) is 31.0 Å². The third kappa shape index (κ3) is 3.65. The number of hydrogen-bond donors (Lipinski definition) is 1. The van der Waals surface area contributed by atoms with Gasteiger partial charge in [0.05, 0.1) is 22.3 Å². The van der Waals surface area contributed by atoms with Crippen molar-refractivity contribution >= 4 is 17.3 Å². The third-order valence-electron chi connectivity index (χ3n) is 2.00. The highest BCUT2D eigenvalue weighted by atomic mass is 35.5. The van der Waals surface area contributed by atoms with Gasteiger partial charge >= 0.3 is 0 Å². The Morgan fingerprint density at radius 3 is 3.00 bits per heavy atom. The van der Waals surface area contributed by atoms with Gasteiger partial charge in [-0.2, -0.15) is 5.26 Å². The van der Waals surface area contributed by atoms with E-state index in [2.05, 4.69) is 18.0 Å². The number of anilines is 1. The first-order valence-electron chi connectivity index (χ1n) is 4.82. The molecule has 0 aliphatic rings. The van der Waals surface area contributed by atoms with Crippen molar-refractivity contribution in [1.29, 1.82) is 5.26 Å². The minimum atomic E-state index is 0.616. The van der Waals surface area contributed by atoms with Gasteiger partial charge in [-0.3, -0.25) is 0 Å². The van der Waals surface area contributed by atoms with Gasteiger partial charge in [-0.15, -0.1) is 6.58 Å². The zero-order valence-electron chi connectivity index (χ0n) is 8.46. The SMILES string of the molecule is C=CCCCNc1cc(C#N)ccc1Cl. The molecule has 1 aromatic carbocycles. The molecule has 1 rings (SSSR count). The summed E-state index contributed by atoms with van der Waals surface area (Å²) in [4.78, 5) is 0. The summed E-state index contributed by atoms with van der Waals surface area (Å²) in [6, 6.07) is 7.28. The van der Waals surface area contributed by atoms with Gasteiger partial charge in [0.1, 0.15) is 0 Å². The number of unbranched alkanes of at least 4 members (excludes halogenated alkanes) is 1. The van der Waals surface area contributed by atoms with Gasteiger partial charge in [-0.1, -0.05) is 17.7 Å². The van der Waals surface area contributed by atoms with E-state index in [9.17, 15) is 0 Å². The van der Waals surface area contributed by atoms with Gasteiger partial charge in [0.2, 0.25) is 0 Å². The summed E-state index contributed by atoms with van der Waals surface area (Å²) >= 11 is 5.97. The molecule has 2 nitrogen and oxygen atoms in total. The standard InChI is InChI=1S/C12H13ClN2/c1-2-3-4-7-15-12-8-10(9-14)5-6-11(12)13/h2,5-6,8,15H,1,3-4,7H2. The number of halogens is 1. The number of benzene rings is 1. The van der Waals surface area contributed by atoms with E-state index < -0.39 is 0 Å². The molecule has 15 heavy (non-hydrogen) atoms. The number of nitriles is 1. The molecular formula is C12H13ClN2. The van der Waals surface area contributed by atoms with E-state index in [1.165, 1.54) is 0 Å². The van der Waals surface area contributed by atoms with Crippen LogP contribution in [0.5, 0.6) is 0 Å². The molecule has 0 saturated heterocycles. The van der Waals surface area contributed by atoms with Crippen molar-refractivity contribution in [2.24, 2.45) is 0 Å². The fourth-order valence-corrected chi connectivity index (χ4v) is 1.38. The van der Waals surface area contributed by atoms with E-state index in [0.29, 0.717) is 10.6 Å². The van der Waals surface area contributed by atoms with E-state index in [-0.39, 0.29) is 0 Å². The molecule has 0 saturated carbocycles. The first kappa shape index (κ1) is 11.6. The van der Waals surface area contributed by atoms with Crippen molar-refractivity contribution in [3.05, 3.63) is 41.4 Å². The highest BCUT2D eigenvalue weighted by molar-refractivity contribution is 6.33. The highest BCUT2D eigenvalue weighted by Crippen LogP contribution is 2.22. The van der Waals surface area contributed by atoms with E-state index in [4.69, 9.17) is 16.9 Å². The Hall–Kier alpha value is -1.46. The molecule has 0 aliphatic carbocycles. The Balaban J connectivity index is 2.59. The van der Waals surface area contributed by atoms with Crippen LogP contribution in [0.25, 0.3) is 0 Å². The Morgan fingerprint density at radius 2 is 2.33 bits per heavy atom. The van der Waals surface area contributed by atoms with E-state index in [1.54, 1.807) is 18.2 Å². The van der Waals surface area contributed by atoms with Gasteiger partial charge in [-0.25, -0.2) is 0 Å².